The molecule has 100 valence electrons. The standard InChI is InChI=1S/C12H18N2O4/c1-13-8-3-5-12(14-2,6-4-8)7-9(10(15)16)11(17)18/h3-5,9,13-14H,6-7H2,1-2H3,(H,15,16)(H,17,18). The molecule has 18 heavy (non-hydrogen) atoms. The summed E-state index contributed by atoms with van der Waals surface area (Å²) in [7, 11) is 3.49. The average Bonchev–Trinajstić information content (AvgIpc) is 2.36. The Morgan fingerprint density at radius 3 is 2.33 bits per heavy atom. The fourth-order valence-corrected chi connectivity index (χ4v) is 1.95. The van der Waals surface area contributed by atoms with Gasteiger partial charge in [0.1, 0.15) is 0 Å². The van der Waals surface area contributed by atoms with E-state index >= 15 is 0 Å². The maximum Gasteiger partial charge on any atom is 0.317 e. The third-order valence-corrected chi connectivity index (χ3v) is 3.22. The molecule has 6 nitrogen and oxygen atoms in total. The monoisotopic (exact) mass is 254 g/mol. The first-order valence-corrected chi connectivity index (χ1v) is 5.66. The van der Waals surface area contributed by atoms with Crippen LogP contribution >= 0.6 is 0 Å². The molecule has 1 aliphatic carbocycles. The molecule has 0 amide bonds. The number of rotatable bonds is 6. The summed E-state index contributed by atoms with van der Waals surface area (Å²) in [6, 6.07) is 0. The van der Waals surface area contributed by atoms with Crippen LogP contribution in [-0.2, 0) is 9.59 Å². The van der Waals surface area contributed by atoms with E-state index in [4.69, 9.17) is 10.2 Å². The van der Waals surface area contributed by atoms with E-state index in [1.807, 2.05) is 18.2 Å². The summed E-state index contributed by atoms with van der Waals surface area (Å²) in [6.07, 6.45) is 6.11. The molecule has 1 aliphatic rings. The van der Waals surface area contributed by atoms with Gasteiger partial charge in [0.05, 0.1) is 0 Å². The molecule has 6 heteroatoms. The first kappa shape index (κ1) is 14.2. The second-order valence-electron chi connectivity index (χ2n) is 4.29. The van der Waals surface area contributed by atoms with Crippen LogP contribution in [0.4, 0.5) is 0 Å². The van der Waals surface area contributed by atoms with Crippen molar-refractivity contribution in [3.63, 3.8) is 0 Å². The Labute approximate surface area is 105 Å². The Kier molecular flexibility index (Phi) is 4.49. The minimum absolute atomic E-state index is 0.0121. The van der Waals surface area contributed by atoms with Crippen molar-refractivity contribution in [3.05, 3.63) is 23.9 Å². The van der Waals surface area contributed by atoms with Gasteiger partial charge in [-0.2, -0.15) is 0 Å². The van der Waals surface area contributed by atoms with Crippen LogP contribution in [0.25, 0.3) is 0 Å². The van der Waals surface area contributed by atoms with Crippen LogP contribution in [0.1, 0.15) is 12.8 Å². The molecule has 0 fully saturated rings. The molecule has 1 unspecified atom stereocenters. The fourth-order valence-electron chi connectivity index (χ4n) is 1.95. The van der Waals surface area contributed by atoms with Gasteiger partial charge in [-0.05, 0) is 26.0 Å². The van der Waals surface area contributed by atoms with E-state index in [1.54, 1.807) is 14.1 Å². The SMILES string of the molecule is CNC1=CCC(CC(C(=O)O)C(=O)O)(NC)C=C1. The number of nitrogens with one attached hydrogen (secondary N) is 2. The number of carboxylic acids is 2. The van der Waals surface area contributed by atoms with Gasteiger partial charge in [0, 0.05) is 18.3 Å². The van der Waals surface area contributed by atoms with Crippen molar-refractivity contribution in [3.8, 4) is 0 Å². The summed E-state index contributed by atoms with van der Waals surface area (Å²) in [5.74, 6) is -4.03. The Bertz CT molecular complexity index is 389. The Hall–Kier alpha value is -1.82. The van der Waals surface area contributed by atoms with E-state index in [1.165, 1.54) is 0 Å². The van der Waals surface area contributed by atoms with E-state index in [-0.39, 0.29) is 6.42 Å². The van der Waals surface area contributed by atoms with Gasteiger partial charge >= 0.3 is 11.9 Å². The molecule has 0 saturated heterocycles. The molecule has 0 aromatic carbocycles. The lowest BCUT2D eigenvalue weighted by molar-refractivity contribution is -0.155. The molecule has 0 aromatic heterocycles. The van der Waals surface area contributed by atoms with E-state index in [9.17, 15) is 9.59 Å². The fraction of sp³-hybridized carbons (Fsp3) is 0.500. The predicted octanol–water partition coefficient (Wildman–Crippen LogP) is 0.183. The lowest BCUT2D eigenvalue weighted by Gasteiger charge is -2.33. The van der Waals surface area contributed by atoms with Gasteiger partial charge in [-0.3, -0.25) is 9.59 Å². The average molecular weight is 254 g/mol. The van der Waals surface area contributed by atoms with Crippen LogP contribution in [0.2, 0.25) is 0 Å². The predicted molar refractivity (Wildman–Crippen MR) is 66.1 cm³/mol. The van der Waals surface area contributed by atoms with Crippen LogP contribution in [0, 0.1) is 5.92 Å². The number of carboxylic acid groups (broad SMARTS) is 2. The van der Waals surface area contributed by atoms with E-state index in [0.29, 0.717) is 6.42 Å². The Morgan fingerprint density at radius 1 is 1.39 bits per heavy atom. The summed E-state index contributed by atoms with van der Waals surface area (Å²) in [5.41, 5.74) is 0.310. The highest BCUT2D eigenvalue weighted by molar-refractivity contribution is 5.93. The Morgan fingerprint density at radius 2 is 2.00 bits per heavy atom. The molecule has 0 heterocycles. The number of aliphatic carboxylic acids is 2. The maximum atomic E-state index is 10.9. The van der Waals surface area contributed by atoms with Crippen molar-refractivity contribution >= 4 is 11.9 Å². The summed E-state index contributed by atoms with van der Waals surface area (Å²) in [4.78, 5) is 21.9. The zero-order valence-corrected chi connectivity index (χ0v) is 10.4. The summed E-state index contributed by atoms with van der Waals surface area (Å²) >= 11 is 0. The molecule has 1 atom stereocenters. The number of allylic oxidation sites excluding steroid dienone is 1. The highest BCUT2D eigenvalue weighted by Crippen LogP contribution is 2.27. The van der Waals surface area contributed by atoms with Crippen molar-refractivity contribution in [2.45, 2.75) is 18.4 Å². The van der Waals surface area contributed by atoms with Crippen LogP contribution in [0.3, 0.4) is 0 Å². The van der Waals surface area contributed by atoms with Crippen molar-refractivity contribution in [1.29, 1.82) is 0 Å². The van der Waals surface area contributed by atoms with Gasteiger partial charge in [0.25, 0.3) is 0 Å². The highest BCUT2D eigenvalue weighted by atomic mass is 16.4. The molecule has 1 rings (SSSR count). The second-order valence-corrected chi connectivity index (χ2v) is 4.29. The van der Waals surface area contributed by atoms with Crippen molar-refractivity contribution < 1.29 is 19.8 Å². The molecular formula is C12H18N2O4. The van der Waals surface area contributed by atoms with E-state index < -0.39 is 23.4 Å². The number of carbonyl (C=O) groups is 2. The molecule has 4 N–H and O–H groups in total. The van der Waals surface area contributed by atoms with Gasteiger partial charge < -0.3 is 20.8 Å². The molecule has 0 radical (unpaired) electrons. The van der Waals surface area contributed by atoms with Gasteiger partial charge in [0.15, 0.2) is 5.92 Å². The molecule has 0 spiro atoms. The van der Waals surface area contributed by atoms with Crippen LogP contribution in [-0.4, -0.2) is 41.8 Å². The number of hydrogen-bond donors (Lipinski definition) is 4. The summed E-state index contributed by atoms with van der Waals surface area (Å²) in [6.45, 7) is 0. The first-order chi connectivity index (χ1) is 8.44. The van der Waals surface area contributed by atoms with Crippen molar-refractivity contribution in [2.75, 3.05) is 14.1 Å². The molecule has 0 saturated carbocycles. The molecule has 0 aliphatic heterocycles. The molecular weight excluding hydrogens is 236 g/mol. The number of hydrogen-bond acceptors (Lipinski definition) is 4. The Balaban J connectivity index is 2.86. The van der Waals surface area contributed by atoms with E-state index in [0.717, 1.165) is 5.70 Å². The van der Waals surface area contributed by atoms with Crippen LogP contribution in [0.15, 0.2) is 23.9 Å². The maximum absolute atomic E-state index is 10.9. The summed E-state index contributed by atoms with van der Waals surface area (Å²) < 4.78 is 0. The third kappa shape index (κ3) is 3.10. The lowest BCUT2D eigenvalue weighted by atomic mass is 9.81. The smallest absolute Gasteiger partial charge is 0.317 e. The highest BCUT2D eigenvalue weighted by Gasteiger charge is 2.36. The second kappa shape index (κ2) is 5.68. The van der Waals surface area contributed by atoms with Crippen LogP contribution in [0.5, 0.6) is 0 Å². The van der Waals surface area contributed by atoms with Crippen molar-refractivity contribution in [1.82, 2.24) is 10.6 Å². The number of likely N-dealkylation sites (N-methyl/N-ethyl adjacent to an activating group) is 2. The van der Waals surface area contributed by atoms with Gasteiger partial charge in [-0.1, -0.05) is 12.2 Å². The van der Waals surface area contributed by atoms with Gasteiger partial charge in [0.2, 0.25) is 0 Å². The van der Waals surface area contributed by atoms with Crippen LogP contribution < -0.4 is 10.6 Å². The van der Waals surface area contributed by atoms with Gasteiger partial charge in [-0.25, -0.2) is 0 Å². The minimum atomic E-state index is -1.41. The third-order valence-electron chi connectivity index (χ3n) is 3.22. The molecule has 0 bridgehead atoms. The van der Waals surface area contributed by atoms with E-state index in [2.05, 4.69) is 10.6 Å². The largest absolute Gasteiger partial charge is 0.481 e. The zero-order chi connectivity index (χ0) is 13.8. The topological polar surface area (TPSA) is 98.7 Å². The van der Waals surface area contributed by atoms with Gasteiger partial charge in [-0.15, -0.1) is 0 Å². The normalized spacial score (nSPS) is 22.7. The van der Waals surface area contributed by atoms with Crippen molar-refractivity contribution in [2.24, 2.45) is 5.92 Å². The summed E-state index contributed by atoms with van der Waals surface area (Å²) in [5, 5.41) is 23.8. The lowest BCUT2D eigenvalue weighted by Crippen LogP contribution is -2.46. The first-order valence-electron chi connectivity index (χ1n) is 5.66. The quantitative estimate of drug-likeness (QED) is 0.505. The molecule has 0 aromatic rings. The zero-order valence-electron chi connectivity index (χ0n) is 10.4. The minimum Gasteiger partial charge on any atom is -0.481 e.